The van der Waals surface area contributed by atoms with Crippen LogP contribution in [0.3, 0.4) is 0 Å². The van der Waals surface area contributed by atoms with Crippen LogP contribution in [0.1, 0.15) is 50.2 Å². The first-order chi connectivity index (χ1) is 9.17. The normalized spacial score (nSPS) is 30.7. The number of aromatic hydroxyl groups is 1. The summed E-state index contributed by atoms with van der Waals surface area (Å²) < 4.78 is 0. The van der Waals surface area contributed by atoms with E-state index in [0.29, 0.717) is 11.8 Å². The predicted molar refractivity (Wildman–Crippen MR) is 78.7 cm³/mol. The van der Waals surface area contributed by atoms with Gasteiger partial charge in [-0.3, -0.25) is 0 Å². The Hall–Kier alpha value is -1.02. The van der Waals surface area contributed by atoms with Crippen molar-refractivity contribution >= 4 is 0 Å². The Bertz CT molecular complexity index is 466. The van der Waals surface area contributed by atoms with Gasteiger partial charge in [0.05, 0.1) is 0 Å². The summed E-state index contributed by atoms with van der Waals surface area (Å²) in [5.74, 6) is 0.433. The van der Waals surface area contributed by atoms with Crippen molar-refractivity contribution in [3.8, 4) is 5.75 Å². The maximum absolute atomic E-state index is 9.91. The quantitative estimate of drug-likeness (QED) is 0.879. The van der Waals surface area contributed by atoms with E-state index in [1.807, 2.05) is 6.07 Å². The van der Waals surface area contributed by atoms with E-state index in [1.165, 1.54) is 49.8 Å². The summed E-state index contributed by atoms with van der Waals surface area (Å²) in [7, 11) is 2.28. The van der Waals surface area contributed by atoms with E-state index in [1.54, 1.807) is 0 Å². The van der Waals surface area contributed by atoms with Gasteiger partial charge in [-0.25, -0.2) is 0 Å². The van der Waals surface area contributed by atoms with E-state index < -0.39 is 0 Å². The number of phenols is 1. The highest BCUT2D eigenvalue weighted by atomic mass is 16.3. The molecule has 0 spiro atoms. The van der Waals surface area contributed by atoms with E-state index in [0.717, 1.165) is 6.42 Å². The molecular weight excluding hydrogens is 234 g/mol. The lowest BCUT2D eigenvalue weighted by Gasteiger charge is -2.53. The van der Waals surface area contributed by atoms with Crippen LogP contribution in [0.5, 0.6) is 5.75 Å². The first-order valence-corrected chi connectivity index (χ1v) is 7.70. The minimum Gasteiger partial charge on any atom is -0.508 e. The Morgan fingerprint density at radius 2 is 2.26 bits per heavy atom. The van der Waals surface area contributed by atoms with Crippen molar-refractivity contribution in [2.24, 2.45) is 0 Å². The summed E-state index contributed by atoms with van der Waals surface area (Å²) in [6, 6.07) is 6.71. The first-order valence-electron chi connectivity index (χ1n) is 7.70. The molecule has 0 radical (unpaired) electrons. The van der Waals surface area contributed by atoms with E-state index in [9.17, 15) is 5.11 Å². The SMILES string of the molecule is CCC[C@]12CCCN(C)[C@@H]1CCc1ccc(O)cc12. The second-order valence-corrected chi connectivity index (χ2v) is 6.39. The maximum atomic E-state index is 9.91. The van der Waals surface area contributed by atoms with Crippen LogP contribution < -0.4 is 0 Å². The number of aryl methyl sites for hydroxylation is 1. The minimum atomic E-state index is 0.286. The molecule has 0 aromatic heterocycles. The average Bonchev–Trinajstić information content (AvgIpc) is 2.39. The van der Waals surface area contributed by atoms with Crippen LogP contribution in [-0.2, 0) is 11.8 Å². The summed E-state index contributed by atoms with van der Waals surface area (Å²) in [4.78, 5) is 2.56. The van der Waals surface area contributed by atoms with Gasteiger partial charge in [-0.15, -0.1) is 0 Å². The highest BCUT2D eigenvalue weighted by Gasteiger charge is 2.46. The van der Waals surface area contributed by atoms with Gasteiger partial charge in [-0.05, 0) is 69.0 Å². The van der Waals surface area contributed by atoms with Crippen molar-refractivity contribution in [2.75, 3.05) is 13.6 Å². The number of piperidine rings is 1. The number of likely N-dealkylation sites (N-methyl/N-ethyl adjacent to an activating group) is 1. The second kappa shape index (κ2) is 4.82. The summed E-state index contributed by atoms with van der Waals surface area (Å²) in [6.07, 6.45) is 7.47. The van der Waals surface area contributed by atoms with Crippen molar-refractivity contribution in [1.29, 1.82) is 0 Å². The smallest absolute Gasteiger partial charge is 0.115 e. The molecular formula is C17H25NO. The van der Waals surface area contributed by atoms with Crippen molar-refractivity contribution in [2.45, 2.75) is 56.9 Å². The Balaban J connectivity index is 2.12. The van der Waals surface area contributed by atoms with Gasteiger partial charge < -0.3 is 10.0 Å². The molecule has 1 fully saturated rings. The molecule has 2 heteroatoms. The number of hydrogen-bond donors (Lipinski definition) is 1. The zero-order valence-corrected chi connectivity index (χ0v) is 12.2. The zero-order chi connectivity index (χ0) is 13.5. The first kappa shape index (κ1) is 13.0. The minimum absolute atomic E-state index is 0.286. The zero-order valence-electron chi connectivity index (χ0n) is 12.2. The molecule has 1 saturated heterocycles. The van der Waals surface area contributed by atoms with Crippen LogP contribution in [-0.4, -0.2) is 29.6 Å². The van der Waals surface area contributed by atoms with Gasteiger partial charge in [-0.2, -0.15) is 0 Å². The molecule has 19 heavy (non-hydrogen) atoms. The van der Waals surface area contributed by atoms with Crippen molar-refractivity contribution < 1.29 is 5.11 Å². The lowest BCUT2D eigenvalue weighted by molar-refractivity contribution is 0.0669. The van der Waals surface area contributed by atoms with Crippen molar-refractivity contribution in [3.63, 3.8) is 0 Å². The third-order valence-corrected chi connectivity index (χ3v) is 5.32. The second-order valence-electron chi connectivity index (χ2n) is 6.39. The van der Waals surface area contributed by atoms with E-state index >= 15 is 0 Å². The predicted octanol–water partition coefficient (Wildman–Crippen LogP) is 3.47. The third-order valence-electron chi connectivity index (χ3n) is 5.32. The van der Waals surface area contributed by atoms with Crippen molar-refractivity contribution in [3.05, 3.63) is 29.3 Å². The lowest BCUT2D eigenvalue weighted by Crippen LogP contribution is -2.55. The fourth-order valence-corrected chi connectivity index (χ4v) is 4.61. The molecule has 0 saturated carbocycles. The number of fused-ring (bicyclic) bond motifs is 3. The highest BCUT2D eigenvalue weighted by Crippen LogP contribution is 2.49. The number of benzene rings is 1. The molecule has 1 aliphatic heterocycles. The number of likely N-dealkylation sites (tertiary alicyclic amines) is 1. The standard InChI is InChI=1S/C17H25NO/c1-3-9-17-10-4-11-18(2)16(17)8-6-13-5-7-14(19)12-15(13)17/h5,7,12,16,19H,3-4,6,8-11H2,1-2H3/t16-,17-/m1/s1. The number of hydrogen-bond acceptors (Lipinski definition) is 2. The van der Waals surface area contributed by atoms with Gasteiger partial charge in [0.2, 0.25) is 0 Å². The van der Waals surface area contributed by atoms with Crippen LogP contribution in [0.25, 0.3) is 0 Å². The lowest BCUT2D eigenvalue weighted by atomic mass is 9.60. The molecule has 0 amide bonds. The van der Waals surface area contributed by atoms with Crippen LogP contribution in [0, 0.1) is 0 Å². The Kier molecular flexibility index (Phi) is 3.30. The molecule has 1 heterocycles. The molecule has 0 bridgehead atoms. The molecule has 1 N–H and O–H groups in total. The van der Waals surface area contributed by atoms with Crippen LogP contribution in [0.2, 0.25) is 0 Å². The molecule has 3 rings (SSSR count). The van der Waals surface area contributed by atoms with E-state index in [4.69, 9.17) is 0 Å². The van der Waals surface area contributed by atoms with E-state index in [-0.39, 0.29) is 5.41 Å². The summed E-state index contributed by atoms with van der Waals surface area (Å²) in [6.45, 7) is 3.52. The van der Waals surface area contributed by atoms with Gasteiger partial charge in [-0.1, -0.05) is 19.4 Å². The number of nitrogens with zero attached hydrogens (tertiary/aromatic N) is 1. The highest BCUT2D eigenvalue weighted by molar-refractivity contribution is 5.44. The molecule has 2 nitrogen and oxygen atoms in total. The molecule has 1 aromatic rings. The fraction of sp³-hybridized carbons (Fsp3) is 0.647. The molecule has 1 aliphatic carbocycles. The van der Waals surface area contributed by atoms with Gasteiger partial charge in [0, 0.05) is 11.5 Å². The Morgan fingerprint density at radius 1 is 1.42 bits per heavy atom. The van der Waals surface area contributed by atoms with Crippen molar-refractivity contribution in [1.82, 2.24) is 4.90 Å². The third kappa shape index (κ3) is 1.97. The Morgan fingerprint density at radius 3 is 3.05 bits per heavy atom. The average molecular weight is 259 g/mol. The van der Waals surface area contributed by atoms with Gasteiger partial charge in [0.1, 0.15) is 5.75 Å². The topological polar surface area (TPSA) is 23.5 Å². The molecule has 2 atom stereocenters. The van der Waals surface area contributed by atoms with Crippen LogP contribution in [0.15, 0.2) is 18.2 Å². The van der Waals surface area contributed by atoms with Gasteiger partial charge in [0.25, 0.3) is 0 Å². The monoisotopic (exact) mass is 259 g/mol. The summed E-state index contributed by atoms with van der Waals surface area (Å²) >= 11 is 0. The Labute approximate surface area is 116 Å². The van der Waals surface area contributed by atoms with Crippen LogP contribution in [0.4, 0.5) is 0 Å². The molecule has 2 aliphatic rings. The molecule has 104 valence electrons. The van der Waals surface area contributed by atoms with E-state index in [2.05, 4.69) is 31.0 Å². The fourth-order valence-electron chi connectivity index (χ4n) is 4.61. The number of phenolic OH excluding ortho intramolecular Hbond substituents is 1. The van der Waals surface area contributed by atoms with Crippen LogP contribution >= 0.6 is 0 Å². The van der Waals surface area contributed by atoms with Gasteiger partial charge >= 0.3 is 0 Å². The summed E-state index contributed by atoms with van der Waals surface area (Å²) in [5.41, 5.74) is 3.20. The largest absolute Gasteiger partial charge is 0.508 e. The van der Waals surface area contributed by atoms with Gasteiger partial charge in [0.15, 0.2) is 0 Å². The number of rotatable bonds is 2. The maximum Gasteiger partial charge on any atom is 0.115 e. The molecule has 1 aromatic carbocycles. The summed E-state index contributed by atoms with van der Waals surface area (Å²) in [5, 5.41) is 9.91. The molecule has 0 unspecified atom stereocenters.